The van der Waals surface area contributed by atoms with Gasteiger partial charge in [0.05, 0.1) is 6.54 Å². The van der Waals surface area contributed by atoms with Crippen molar-refractivity contribution in [2.45, 2.75) is 6.61 Å². The van der Waals surface area contributed by atoms with Crippen LogP contribution in [0.4, 0.5) is 0 Å². The predicted octanol–water partition coefficient (Wildman–Crippen LogP) is 4.53. The quantitative estimate of drug-likeness (QED) is 0.613. The Balaban J connectivity index is 1.51. The van der Waals surface area contributed by atoms with Crippen LogP contribution in [0, 0.1) is 0 Å². The minimum absolute atomic E-state index is 0.0374. The van der Waals surface area contributed by atoms with E-state index >= 15 is 0 Å². The first kappa shape index (κ1) is 18.7. The monoisotopic (exact) mass is 379 g/mol. The lowest BCUT2D eigenvalue weighted by Gasteiger charge is -2.08. The first-order valence-electron chi connectivity index (χ1n) is 8.45. The van der Waals surface area contributed by atoms with Crippen molar-refractivity contribution in [3.8, 4) is 5.75 Å². The fourth-order valence-electron chi connectivity index (χ4n) is 2.44. The van der Waals surface area contributed by atoms with Gasteiger partial charge in [-0.25, -0.2) is 0 Å². The minimum atomic E-state index is -0.288. The molecule has 0 aliphatic heterocycles. The molecule has 0 bridgehead atoms. The highest BCUT2D eigenvalue weighted by atomic mass is 35.5. The van der Waals surface area contributed by atoms with Gasteiger partial charge in [0.1, 0.15) is 12.4 Å². The van der Waals surface area contributed by atoms with Gasteiger partial charge in [0.15, 0.2) is 5.78 Å². The van der Waals surface area contributed by atoms with Crippen molar-refractivity contribution in [2.75, 3.05) is 6.54 Å². The number of ether oxygens (including phenoxy) is 1. The van der Waals surface area contributed by atoms with Crippen molar-refractivity contribution in [2.24, 2.45) is 0 Å². The van der Waals surface area contributed by atoms with Crippen molar-refractivity contribution in [1.82, 2.24) is 5.32 Å². The molecule has 0 unspecified atom stereocenters. The zero-order chi connectivity index (χ0) is 19.1. The van der Waals surface area contributed by atoms with Crippen molar-refractivity contribution in [1.29, 1.82) is 0 Å². The molecule has 3 rings (SSSR count). The van der Waals surface area contributed by atoms with Crippen molar-refractivity contribution < 1.29 is 14.3 Å². The Kier molecular flexibility index (Phi) is 6.23. The number of carbonyl (C=O) groups excluding carboxylic acids is 2. The Morgan fingerprint density at radius 1 is 0.815 bits per heavy atom. The lowest BCUT2D eigenvalue weighted by atomic mass is 10.1. The van der Waals surface area contributed by atoms with Gasteiger partial charge in [-0.15, -0.1) is 0 Å². The smallest absolute Gasteiger partial charge is 0.251 e. The third-order valence-electron chi connectivity index (χ3n) is 3.94. The summed E-state index contributed by atoms with van der Waals surface area (Å²) in [5.41, 5.74) is 2.00. The Bertz CT molecular complexity index is 907. The fourth-order valence-corrected chi connectivity index (χ4v) is 2.56. The number of benzene rings is 3. The standard InChI is InChI=1S/C22H18ClNO3/c23-19-10-12-20(13-11-19)27-15-16-6-8-18(9-7-16)22(26)24-14-21(25)17-4-2-1-3-5-17/h1-13H,14-15H2,(H,24,26). The summed E-state index contributed by atoms with van der Waals surface area (Å²) in [5, 5.41) is 3.30. The summed E-state index contributed by atoms with van der Waals surface area (Å²) in [7, 11) is 0. The van der Waals surface area contributed by atoms with E-state index in [-0.39, 0.29) is 18.2 Å². The molecule has 0 saturated heterocycles. The van der Waals surface area contributed by atoms with Crippen LogP contribution in [0.5, 0.6) is 5.75 Å². The number of hydrogen-bond acceptors (Lipinski definition) is 3. The van der Waals surface area contributed by atoms with Crippen LogP contribution in [0.3, 0.4) is 0 Å². The van der Waals surface area contributed by atoms with Gasteiger partial charge in [0.2, 0.25) is 0 Å². The van der Waals surface area contributed by atoms with Crippen molar-refractivity contribution in [3.63, 3.8) is 0 Å². The van der Waals surface area contributed by atoms with E-state index in [1.165, 1.54) is 0 Å². The number of rotatable bonds is 7. The zero-order valence-electron chi connectivity index (χ0n) is 14.5. The molecule has 1 amide bonds. The average Bonchev–Trinajstić information content (AvgIpc) is 2.72. The summed E-state index contributed by atoms with van der Waals surface area (Å²) in [6, 6.07) is 23.1. The van der Waals surface area contributed by atoms with Crippen LogP contribution in [0.2, 0.25) is 5.02 Å². The van der Waals surface area contributed by atoms with Crippen LogP contribution in [0.25, 0.3) is 0 Å². The van der Waals surface area contributed by atoms with Gasteiger partial charge < -0.3 is 10.1 Å². The number of hydrogen-bond donors (Lipinski definition) is 1. The number of ketones is 1. The zero-order valence-corrected chi connectivity index (χ0v) is 15.3. The highest BCUT2D eigenvalue weighted by Gasteiger charge is 2.09. The first-order chi connectivity index (χ1) is 13.1. The van der Waals surface area contributed by atoms with E-state index in [4.69, 9.17) is 16.3 Å². The van der Waals surface area contributed by atoms with Crippen molar-refractivity contribution >= 4 is 23.3 Å². The van der Waals surface area contributed by atoms with E-state index in [1.807, 2.05) is 18.2 Å². The molecule has 4 nitrogen and oxygen atoms in total. The van der Waals surface area contributed by atoms with E-state index < -0.39 is 0 Å². The number of nitrogens with one attached hydrogen (secondary N) is 1. The van der Waals surface area contributed by atoms with Crippen LogP contribution in [-0.2, 0) is 6.61 Å². The van der Waals surface area contributed by atoms with E-state index in [0.29, 0.717) is 22.8 Å². The lowest BCUT2D eigenvalue weighted by Crippen LogP contribution is -2.29. The SMILES string of the molecule is O=C(CNC(=O)c1ccc(COc2ccc(Cl)cc2)cc1)c1ccccc1. The Labute approximate surface area is 162 Å². The molecule has 0 aliphatic carbocycles. The second-order valence-corrected chi connectivity index (χ2v) is 6.35. The maximum absolute atomic E-state index is 12.2. The molecule has 27 heavy (non-hydrogen) atoms. The molecule has 0 spiro atoms. The Morgan fingerprint density at radius 3 is 2.15 bits per heavy atom. The number of amides is 1. The van der Waals surface area contributed by atoms with Gasteiger partial charge in [-0.3, -0.25) is 9.59 Å². The van der Waals surface area contributed by atoms with Crippen LogP contribution >= 0.6 is 11.6 Å². The molecule has 0 fully saturated rings. The third-order valence-corrected chi connectivity index (χ3v) is 4.19. The van der Waals surface area contributed by atoms with E-state index in [2.05, 4.69) is 5.32 Å². The van der Waals surface area contributed by atoms with Crippen LogP contribution in [-0.4, -0.2) is 18.2 Å². The first-order valence-corrected chi connectivity index (χ1v) is 8.83. The van der Waals surface area contributed by atoms with E-state index in [1.54, 1.807) is 60.7 Å². The molecule has 0 aliphatic rings. The summed E-state index contributed by atoms with van der Waals surface area (Å²) < 4.78 is 5.67. The average molecular weight is 380 g/mol. The van der Waals surface area contributed by atoms with Gasteiger partial charge in [0, 0.05) is 16.1 Å². The van der Waals surface area contributed by atoms with Gasteiger partial charge in [0.25, 0.3) is 5.91 Å². The predicted molar refractivity (Wildman–Crippen MR) is 105 cm³/mol. The Morgan fingerprint density at radius 2 is 1.48 bits per heavy atom. The summed E-state index contributed by atoms with van der Waals surface area (Å²) in [4.78, 5) is 24.2. The second kappa shape index (κ2) is 9.01. The summed E-state index contributed by atoms with van der Waals surface area (Å²) in [6.45, 7) is 0.348. The number of carbonyl (C=O) groups is 2. The maximum Gasteiger partial charge on any atom is 0.251 e. The van der Waals surface area contributed by atoms with Gasteiger partial charge in [-0.05, 0) is 42.0 Å². The molecule has 1 N–H and O–H groups in total. The molecule has 0 heterocycles. The summed E-state index contributed by atoms with van der Waals surface area (Å²) in [6.07, 6.45) is 0. The van der Waals surface area contributed by atoms with Crippen LogP contribution in [0.1, 0.15) is 26.3 Å². The molecule has 0 radical (unpaired) electrons. The topological polar surface area (TPSA) is 55.4 Å². The highest BCUT2D eigenvalue weighted by Crippen LogP contribution is 2.17. The molecular formula is C22H18ClNO3. The fraction of sp³-hybridized carbons (Fsp3) is 0.0909. The molecule has 0 saturated carbocycles. The lowest BCUT2D eigenvalue weighted by molar-refractivity contribution is 0.0904. The summed E-state index contributed by atoms with van der Waals surface area (Å²) in [5.74, 6) is 0.307. The van der Waals surface area contributed by atoms with Crippen molar-refractivity contribution in [3.05, 3.63) is 101 Å². The minimum Gasteiger partial charge on any atom is -0.489 e. The van der Waals surface area contributed by atoms with Gasteiger partial charge in [-0.2, -0.15) is 0 Å². The number of halogens is 1. The molecule has 0 aromatic heterocycles. The summed E-state index contributed by atoms with van der Waals surface area (Å²) >= 11 is 5.84. The molecule has 5 heteroatoms. The van der Waals surface area contributed by atoms with E-state index in [9.17, 15) is 9.59 Å². The van der Waals surface area contributed by atoms with Gasteiger partial charge >= 0.3 is 0 Å². The largest absolute Gasteiger partial charge is 0.489 e. The molecule has 3 aromatic carbocycles. The molecular weight excluding hydrogens is 362 g/mol. The second-order valence-electron chi connectivity index (χ2n) is 5.91. The highest BCUT2D eigenvalue weighted by molar-refractivity contribution is 6.30. The maximum atomic E-state index is 12.2. The normalized spacial score (nSPS) is 10.3. The van der Waals surface area contributed by atoms with E-state index in [0.717, 1.165) is 11.3 Å². The van der Waals surface area contributed by atoms with Gasteiger partial charge in [-0.1, -0.05) is 54.1 Å². The molecule has 3 aromatic rings. The molecule has 136 valence electrons. The third kappa shape index (κ3) is 5.43. The molecule has 0 atom stereocenters. The van der Waals surface area contributed by atoms with Crippen LogP contribution in [0.15, 0.2) is 78.9 Å². The number of Topliss-reactive ketones (excluding diaryl/α,β-unsaturated/α-hetero) is 1. The Hall–Kier alpha value is -3.11. The van der Waals surface area contributed by atoms with Crippen LogP contribution < -0.4 is 10.1 Å².